The van der Waals surface area contributed by atoms with Gasteiger partial charge in [0.05, 0.1) is 5.69 Å². The molecule has 1 aromatic heterocycles. The Morgan fingerprint density at radius 2 is 1.73 bits per heavy atom. The number of thiophene rings is 1. The molecule has 0 N–H and O–H groups in total. The van der Waals surface area contributed by atoms with E-state index in [0.29, 0.717) is 10.9 Å². The molecule has 6 heteroatoms. The van der Waals surface area contributed by atoms with Crippen molar-refractivity contribution in [3.8, 4) is 0 Å². The number of carbonyl (C=O) groups is 1. The molecule has 0 bridgehead atoms. The molecule has 2 aromatic carbocycles. The zero-order valence-electron chi connectivity index (χ0n) is 14.0. The van der Waals surface area contributed by atoms with Crippen LogP contribution in [0.15, 0.2) is 77.2 Å². The van der Waals surface area contributed by atoms with Gasteiger partial charge >= 0.3 is 0 Å². The van der Waals surface area contributed by atoms with E-state index in [0.717, 1.165) is 16.3 Å². The van der Waals surface area contributed by atoms with E-state index in [1.807, 2.05) is 76.0 Å². The van der Waals surface area contributed by atoms with Gasteiger partial charge in [-0.15, -0.1) is 16.4 Å². The Labute approximate surface area is 160 Å². The van der Waals surface area contributed by atoms with Gasteiger partial charge in [0.1, 0.15) is 0 Å². The normalized spacial score (nSPS) is 16.7. The average molecular weight is 382 g/mol. The second-order valence-electron chi connectivity index (χ2n) is 5.90. The summed E-state index contributed by atoms with van der Waals surface area (Å²) >= 11 is 7.68. The van der Waals surface area contributed by atoms with Crippen molar-refractivity contribution in [2.45, 2.75) is 13.1 Å². The van der Waals surface area contributed by atoms with Gasteiger partial charge < -0.3 is 0 Å². The van der Waals surface area contributed by atoms with Gasteiger partial charge in [0, 0.05) is 22.5 Å². The second kappa shape index (κ2) is 6.94. The number of ketones is 1. The van der Waals surface area contributed by atoms with Crippen LogP contribution in [0, 0.1) is 0 Å². The molecule has 0 saturated carbocycles. The molecule has 2 heterocycles. The van der Waals surface area contributed by atoms with Crippen LogP contribution in [0.1, 0.15) is 18.0 Å². The summed E-state index contributed by atoms with van der Waals surface area (Å²) in [5, 5.41) is 9.25. The lowest BCUT2D eigenvalue weighted by atomic mass is 10.2. The summed E-state index contributed by atoms with van der Waals surface area (Å²) in [6, 6.07) is 21.4. The third-order valence-corrected chi connectivity index (χ3v) is 5.31. The number of anilines is 2. The van der Waals surface area contributed by atoms with Crippen molar-refractivity contribution in [1.29, 1.82) is 0 Å². The summed E-state index contributed by atoms with van der Waals surface area (Å²) in [7, 11) is 0. The van der Waals surface area contributed by atoms with Crippen LogP contribution in [-0.2, 0) is 4.79 Å². The fourth-order valence-corrected chi connectivity index (χ4v) is 3.93. The van der Waals surface area contributed by atoms with Gasteiger partial charge in [-0.2, -0.15) is 0 Å². The van der Waals surface area contributed by atoms with Gasteiger partial charge in [0.2, 0.25) is 0 Å². The molecule has 26 heavy (non-hydrogen) atoms. The van der Waals surface area contributed by atoms with Crippen LogP contribution in [0.2, 0.25) is 5.02 Å². The first-order valence-electron chi connectivity index (χ1n) is 8.17. The van der Waals surface area contributed by atoms with E-state index < -0.39 is 0 Å². The smallest absolute Gasteiger partial charge is 0.198 e. The van der Waals surface area contributed by atoms with Crippen molar-refractivity contribution in [1.82, 2.24) is 0 Å². The second-order valence-corrected chi connectivity index (χ2v) is 7.31. The van der Waals surface area contributed by atoms with Crippen molar-refractivity contribution in [3.63, 3.8) is 0 Å². The number of halogens is 1. The first-order valence-corrected chi connectivity index (χ1v) is 9.43. The highest BCUT2D eigenvalue weighted by Crippen LogP contribution is 2.40. The Morgan fingerprint density at radius 3 is 2.35 bits per heavy atom. The van der Waals surface area contributed by atoms with Gasteiger partial charge in [-0.25, -0.2) is 5.01 Å². The minimum absolute atomic E-state index is 0.0770. The maximum absolute atomic E-state index is 12.4. The molecule has 4 nitrogen and oxygen atoms in total. The largest absolute Gasteiger partial charge is 0.294 e. The first-order chi connectivity index (χ1) is 12.6. The number of Topliss-reactive ketones (excluding diaryl/α,β-unsaturated/α-hetero) is 1. The summed E-state index contributed by atoms with van der Waals surface area (Å²) in [5.74, 6) is 0.344. The molecule has 0 unspecified atom stereocenters. The van der Waals surface area contributed by atoms with Gasteiger partial charge in [0.15, 0.2) is 17.8 Å². The molecular formula is C20H16ClN3OS. The Kier molecular flexibility index (Phi) is 4.49. The van der Waals surface area contributed by atoms with E-state index in [1.165, 1.54) is 0 Å². The third kappa shape index (κ3) is 3.00. The maximum Gasteiger partial charge on any atom is 0.198 e. The number of hydrogen-bond donors (Lipinski definition) is 0. The van der Waals surface area contributed by atoms with Crippen LogP contribution >= 0.6 is 22.9 Å². The lowest BCUT2D eigenvalue weighted by Crippen LogP contribution is -2.37. The Hall–Kier alpha value is -2.63. The molecule has 0 radical (unpaired) electrons. The Bertz CT molecular complexity index is 939. The monoisotopic (exact) mass is 381 g/mol. The average Bonchev–Trinajstić information content (AvgIpc) is 3.30. The molecular weight excluding hydrogens is 366 g/mol. The molecule has 0 spiro atoms. The number of hydrazone groups is 1. The molecule has 1 aliphatic rings. The molecule has 0 saturated heterocycles. The van der Waals surface area contributed by atoms with E-state index in [2.05, 4.69) is 11.2 Å². The molecule has 0 fully saturated rings. The zero-order chi connectivity index (χ0) is 18.1. The van der Waals surface area contributed by atoms with Crippen molar-refractivity contribution in [3.05, 3.63) is 82.0 Å². The molecule has 3 aromatic rings. The summed E-state index contributed by atoms with van der Waals surface area (Å²) in [5.41, 5.74) is 1.81. The summed E-state index contributed by atoms with van der Waals surface area (Å²) in [4.78, 5) is 15.4. The predicted octanol–water partition coefficient (Wildman–Crippen LogP) is 5.33. The third-order valence-electron chi connectivity index (χ3n) is 4.14. The van der Waals surface area contributed by atoms with E-state index in [4.69, 9.17) is 11.6 Å². The molecule has 130 valence electrons. The minimum atomic E-state index is -0.225. The van der Waals surface area contributed by atoms with Gasteiger partial charge in [0.25, 0.3) is 0 Å². The van der Waals surface area contributed by atoms with Gasteiger partial charge in [-0.05, 0) is 47.8 Å². The highest BCUT2D eigenvalue weighted by molar-refractivity contribution is 7.10. The van der Waals surface area contributed by atoms with Crippen LogP contribution < -0.4 is 9.91 Å². The van der Waals surface area contributed by atoms with Crippen molar-refractivity contribution >= 4 is 45.9 Å². The highest BCUT2D eigenvalue weighted by Gasteiger charge is 2.39. The fraction of sp³-hybridized carbons (Fsp3) is 0.100. The first kappa shape index (κ1) is 16.8. The maximum atomic E-state index is 12.4. The molecule has 4 rings (SSSR count). The number of rotatable bonds is 4. The van der Waals surface area contributed by atoms with Crippen LogP contribution in [0.5, 0.6) is 0 Å². The van der Waals surface area contributed by atoms with E-state index in [1.54, 1.807) is 18.3 Å². The number of para-hydroxylation sites is 1. The topological polar surface area (TPSA) is 35.9 Å². The zero-order valence-corrected chi connectivity index (χ0v) is 15.6. The molecule has 0 aliphatic carbocycles. The summed E-state index contributed by atoms with van der Waals surface area (Å²) < 4.78 is 0. The number of carbonyl (C=O) groups excluding carboxylic acids is 1. The number of nitrogens with zero attached hydrogens (tertiary/aromatic N) is 3. The number of benzene rings is 2. The van der Waals surface area contributed by atoms with E-state index in [-0.39, 0.29) is 11.9 Å². The van der Waals surface area contributed by atoms with Crippen molar-refractivity contribution < 1.29 is 4.79 Å². The SMILES string of the molecule is CC(=O)C1=NN(c2ccc(Cl)cc2)[C@H](c2cccs2)N1c1ccccc1. The quantitative estimate of drug-likeness (QED) is 0.612. The van der Waals surface area contributed by atoms with E-state index >= 15 is 0 Å². The lowest BCUT2D eigenvalue weighted by molar-refractivity contribution is -0.111. The standard InChI is InChI=1S/C20H16ClN3OS/c1-14(25)19-22-24(17-11-9-15(21)10-12-17)20(18-8-5-13-26-18)23(19)16-6-3-2-4-7-16/h2-13,20H,1H3/t20-/m1/s1. The minimum Gasteiger partial charge on any atom is -0.294 e. The molecule has 1 aliphatic heterocycles. The number of hydrogen-bond acceptors (Lipinski definition) is 5. The van der Waals surface area contributed by atoms with Crippen LogP contribution in [0.3, 0.4) is 0 Å². The Balaban J connectivity index is 1.87. The van der Waals surface area contributed by atoms with Gasteiger partial charge in [-0.3, -0.25) is 9.69 Å². The van der Waals surface area contributed by atoms with E-state index in [9.17, 15) is 4.79 Å². The highest BCUT2D eigenvalue weighted by atomic mass is 35.5. The molecule has 1 atom stereocenters. The fourth-order valence-electron chi connectivity index (χ4n) is 3.00. The van der Waals surface area contributed by atoms with Crippen LogP contribution in [-0.4, -0.2) is 11.6 Å². The number of amidine groups is 1. The van der Waals surface area contributed by atoms with Crippen molar-refractivity contribution in [2.24, 2.45) is 5.10 Å². The van der Waals surface area contributed by atoms with Gasteiger partial charge in [-0.1, -0.05) is 35.9 Å². The predicted molar refractivity (Wildman–Crippen MR) is 108 cm³/mol. The molecule has 0 amide bonds. The summed E-state index contributed by atoms with van der Waals surface area (Å²) in [6.45, 7) is 1.55. The van der Waals surface area contributed by atoms with Crippen LogP contribution in [0.25, 0.3) is 0 Å². The lowest BCUT2D eigenvalue weighted by Gasteiger charge is -2.31. The van der Waals surface area contributed by atoms with Crippen LogP contribution in [0.4, 0.5) is 11.4 Å². The van der Waals surface area contributed by atoms with Crippen molar-refractivity contribution in [2.75, 3.05) is 9.91 Å². The summed E-state index contributed by atoms with van der Waals surface area (Å²) in [6.07, 6.45) is -0.225. The Morgan fingerprint density at radius 1 is 1.00 bits per heavy atom.